The highest BCUT2D eigenvalue weighted by Gasteiger charge is 2.50. The first-order chi connectivity index (χ1) is 10.9. The molecular formula is C20H32ClNO2. The van der Waals surface area contributed by atoms with Crippen LogP contribution in [0.5, 0.6) is 0 Å². The van der Waals surface area contributed by atoms with Gasteiger partial charge in [0.05, 0.1) is 5.41 Å². The molecule has 1 aromatic carbocycles. The predicted octanol–water partition coefficient (Wildman–Crippen LogP) is 4.44. The molecule has 1 aliphatic carbocycles. The number of halogens is 1. The molecule has 0 bridgehead atoms. The fourth-order valence-electron chi connectivity index (χ4n) is 3.90. The predicted molar refractivity (Wildman–Crippen MR) is 102 cm³/mol. The first-order valence-corrected chi connectivity index (χ1v) is 8.85. The summed E-state index contributed by atoms with van der Waals surface area (Å²) in [5.41, 5.74) is 0.689. The van der Waals surface area contributed by atoms with E-state index >= 15 is 0 Å². The van der Waals surface area contributed by atoms with Crippen molar-refractivity contribution >= 4 is 18.4 Å². The highest BCUT2D eigenvalue weighted by Crippen LogP contribution is 2.48. The van der Waals surface area contributed by atoms with Crippen molar-refractivity contribution in [3.63, 3.8) is 0 Å². The van der Waals surface area contributed by atoms with Crippen LogP contribution in [0.3, 0.4) is 0 Å². The van der Waals surface area contributed by atoms with Gasteiger partial charge in [-0.2, -0.15) is 0 Å². The van der Waals surface area contributed by atoms with Gasteiger partial charge in [-0.25, -0.2) is 0 Å². The lowest BCUT2D eigenvalue weighted by Crippen LogP contribution is -2.48. The Morgan fingerprint density at radius 2 is 1.71 bits per heavy atom. The molecule has 24 heavy (non-hydrogen) atoms. The highest BCUT2D eigenvalue weighted by molar-refractivity contribution is 5.85. The van der Waals surface area contributed by atoms with Crippen molar-refractivity contribution in [2.45, 2.75) is 65.0 Å². The Bertz CT molecular complexity index is 502. The van der Waals surface area contributed by atoms with E-state index in [1.165, 1.54) is 0 Å². The molecule has 0 amide bonds. The van der Waals surface area contributed by atoms with Crippen LogP contribution < -0.4 is 0 Å². The summed E-state index contributed by atoms with van der Waals surface area (Å²) in [6, 6.07) is 11.0. The molecule has 0 radical (unpaired) electrons. The molecule has 1 aromatic rings. The molecule has 0 atom stereocenters. The lowest BCUT2D eigenvalue weighted by atomic mass is 9.59. The van der Waals surface area contributed by atoms with E-state index in [1.807, 2.05) is 18.2 Å². The molecule has 0 aromatic heterocycles. The molecular weight excluding hydrogens is 322 g/mol. The van der Waals surface area contributed by atoms with Crippen molar-refractivity contribution in [2.24, 2.45) is 5.92 Å². The van der Waals surface area contributed by atoms with Gasteiger partial charge in [-0.1, -0.05) is 37.3 Å². The average molecular weight is 354 g/mol. The van der Waals surface area contributed by atoms with Gasteiger partial charge in [0, 0.05) is 18.6 Å². The SMILES string of the molecule is CC(C)N(CCOC(=O)[C@]1(c2ccccc2)C[C@H](C)C1)C(C)C.Cl. The van der Waals surface area contributed by atoms with E-state index in [4.69, 9.17) is 4.74 Å². The molecule has 2 rings (SSSR count). The van der Waals surface area contributed by atoms with Gasteiger partial charge in [-0.3, -0.25) is 9.69 Å². The van der Waals surface area contributed by atoms with Crippen molar-refractivity contribution in [2.75, 3.05) is 13.2 Å². The summed E-state index contributed by atoms with van der Waals surface area (Å²) in [4.78, 5) is 15.1. The molecule has 0 spiro atoms. The fourth-order valence-corrected chi connectivity index (χ4v) is 3.90. The molecule has 1 aliphatic rings. The second-order valence-corrected chi connectivity index (χ2v) is 7.52. The van der Waals surface area contributed by atoms with E-state index < -0.39 is 5.41 Å². The smallest absolute Gasteiger partial charge is 0.316 e. The standard InChI is InChI=1S/C20H31NO2.ClH/c1-15(2)21(16(3)4)11-12-23-19(22)20(13-17(5)14-20)18-9-7-6-8-10-18;/h6-10,15-17H,11-14H2,1-5H3;1H/t17-,20+;. The van der Waals surface area contributed by atoms with Crippen LogP contribution in [0, 0.1) is 5.92 Å². The number of carbonyl (C=O) groups is 1. The van der Waals surface area contributed by atoms with E-state index in [2.05, 4.69) is 51.7 Å². The number of esters is 1. The third-order valence-electron chi connectivity index (χ3n) is 5.02. The van der Waals surface area contributed by atoms with Gasteiger partial charge in [-0.05, 0) is 52.0 Å². The van der Waals surface area contributed by atoms with E-state index in [9.17, 15) is 4.79 Å². The maximum absolute atomic E-state index is 12.8. The average Bonchev–Trinajstić information content (AvgIpc) is 2.48. The summed E-state index contributed by atoms with van der Waals surface area (Å²) >= 11 is 0. The number of hydrogen-bond acceptors (Lipinski definition) is 3. The van der Waals surface area contributed by atoms with Crippen LogP contribution >= 0.6 is 12.4 Å². The molecule has 0 N–H and O–H groups in total. The van der Waals surface area contributed by atoms with Gasteiger partial charge in [0.15, 0.2) is 0 Å². The van der Waals surface area contributed by atoms with E-state index in [1.54, 1.807) is 0 Å². The van der Waals surface area contributed by atoms with Gasteiger partial charge in [-0.15, -0.1) is 12.4 Å². The monoisotopic (exact) mass is 353 g/mol. The highest BCUT2D eigenvalue weighted by atomic mass is 35.5. The summed E-state index contributed by atoms with van der Waals surface area (Å²) in [5, 5.41) is 0. The van der Waals surface area contributed by atoms with Crippen LogP contribution in [0.1, 0.15) is 53.0 Å². The van der Waals surface area contributed by atoms with Crippen molar-refractivity contribution in [1.82, 2.24) is 4.90 Å². The Labute approximate surface area is 153 Å². The first kappa shape index (κ1) is 21.0. The Morgan fingerprint density at radius 3 is 2.17 bits per heavy atom. The van der Waals surface area contributed by atoms with Crippen LogP contribution in [0.15, 0.2) is 30.3 Å². The molecule has 136 valence electrons. The molecule has 0 saturated heterocycles. The first-order valence-electron chi connectivity index (χ1n) is 8.85. The third-order valence-corrected chi connectivity index (χ3v) is 5.02. The molecule has 1 fully saturated rings. The largest absolute Gasteiger partial charge is 0.464 e. The molecule has 3 nitrogen and oxygen atoms in total. The van der Waals surface area contributed by atoms with Crippen molar-refractivity contribution < 1.29 is 9.53 Å². The van der Waals surface area contributed by atoms with Gasteiger partial charge in [0.2, 0.25) is 0 Å². The Morgan fingerprint density at radius 1 is 1.17 bits per heavy atom. The quantitative estimate of drug-likeness (QED) is 0.679. The molecule has 0 unspecified atom stereocenters. The lowest BCUT2D eigenvalue weighted by Gasteiger charge is -2.44. The summed E-state index contributed by atoms with van der Waals surface area (Å²) in [7, 11) is 0. The third kappa shape index (κ3) is 4.52. The molecule has 0 aliphatic heterocycles. The maximum atomic E-state index is 12.8. The Balaban J connectivity index is 0.00000288. The Hall–Kier alpha value is -1.06. The van der Waals surface area contributed by atoms with Crippen LogP contribution in [-0.4, -0.2) is 36.1 Å². The van der Waals surface area contributed by atoms with E-state index in [0.29, 0.717) is 24.6 Å². The maximum Gasteiger partial charge on any atom is 0.316 e. The summed E-state index contributed by atoms with van der Waals surface area (Å²) < 4.78 is 5.70. The van der Waals surface area contributed by atoms with Crippen molar-refractivity contribution in [3.05, 3.63) is 35.9 Å². The van der Waals surface area contributed by atoms with E-state index in [0.717, 1.165) is 24.9 Å². The number of carbonyl (C=O) groups excluding carboxylic acids is 1. The minimum absolute atomic E-state index is 0. The van der Waals surface area contributed by atoms with Gasteiger partial charge >= 0.3 is 5.97 Å². The number of rotatable bonds is 7. The number of hydrogen-bond donors (Lipinski definition) is 0. The van der Waals surface area contributed by atoms with Crippen LogP contribution in [0.4, 0.5) is 0 Å². The summed E-state index contributed by atoms with van der Waals surface area (Å²) in [6.45, 7) is 12.2. The minimum Gasteiger partial charge on any atom is -0.464 e. The number of nitrogens with zero attached hydrogens (tertiary/aromatic N) is 1. The van der Waals surface area contributed by atoms with Crippen LogP contribution in [0.25, 0.3) is 0 Å². The zero-order valence-electron chi connectivity index (χ0n) is 15.6. The normalized spacial score (nSPS) is 23.1. The zero-order valence-corrected chi connectivity index (χ0v) is 16.4. The summed E-state index contributed by atoms with van der Waals surface area (Å²) in [6.07, 6.45) is 1.79. The number of benzene rings is 1. The van der Waals surface area contributed by atoms with Gasteiger partial charge in [0.1, 0.15) is 6.61 Å². The lowest BCUT2D eigenvalue weighted by molar-refractivity contribution is -0.157. The Kier molecular flexibility index (Phi) is 7.75. The van der Waals surface area contributed by atoms with Crippen LogP contribution in [-0.2, 0) is 14.9 Å². The second-order valence-electron chi connectivity index (χ2n) is 7.52. The van der Waals surface area contributed by atoms with Gasteiger partial charge < -0.3 is 4.74 Å². The van der Waals surface area contributed by atoms with Gasteiger partial charge in [0.25, 0.3) is 0 Å². The van der Waals surface area contributed by atoms with Crippen molar-refractivity contribution in [1.29, 1.82) is 0 Å². The van der Waals surface area contributed by atoms with E-state index in [-0.39, 0.29) is 18.4 Å². The van der Waals surface area contributed by atoms with Crippen molar-refractivity contribution in [3.8, 4) is 0 Å². The summed E-state index contributed by atoms with van der Waals surface area (Å²) in [5.74, 6) is 0.542. The molecule has 4 heteroatoms. The topological polar surface area (TPSA) is 29.5 Å². The fraction of sp³-hybridized carbons (Fsp3) is 0.650. The zero-order chi connectivity index (χ0) is 17.0. The molecule has 0 heterocycles. The van der Waals surface area contributed by atoms with Crippen LogP contribution in [0.2, 0.25) is 0 Å². The second kappa shape index (κ2) is 8.87. The minimum atomic E-state index is -0.416. The number of ether oxygens (including phenoxy) is 1. The molecule has 1 saturated carbocycles.